The first kappa shape index (κ1) is 16.5. The molecular formula is C18H23FN4O. The molecule has 0 saturated carbocycles. The van der Waals surface area contributed by atoms with Crippen LogP contribution in [0.5, 0.6) is 0 Å². The van der Waals surface area contributed by atoms with E-state index < -0.39 is 0 Å². The topological polar surface area (TPSA) is 41.4 Å². The average Bonchev–Trinajstić information content (AvgIpc) is 2.82. The molecule has 128 valence electrons. The second kappa shape index (κ2) is 6.63. The molecule has 5 nitrogen and oxygen atoms in total. The normalized spacial score (nSPS) is 15.0. The molecular weight excluding hydrogens is 307 g/mol. The number of rotatable bonds is 3. The van der Waals surface area contributed by atoms with Crippen molar-refractivity contribution in [1.29, 1.82) is 0 Å². The van der Waals surface area contributed by atoms with Crippen LogP contribution < -0.4 is 4.90 Å². The van der Waals surface area contributed by atoms with Crippen molar-refractivity contribution in [1.82, 2.24) is 14.7 Å². The van der Waals surface area contributed by atoms with E-state index in [1.54, 1.807) is 12.1 Å². The lowest BCUT2D eigenvalue weighted by Gasteiger charge is -2.36. The first-order valence-electron chi connectivity index (χ1n) is 8.23. The molecule has 1 aliphatic heterocycles. The summed E-state index contributed by atoms with van der Waals surface area (Å²) >= 11 is 0. The smallest absolute Gasteiger partial charge is 0.227 e. The second-order valence-electron chi connectivity index (χ2n) is 6.27. The molecule has 0 atom stereocenters. The van der Waals surface area contributed by atoms with E-state index in [1.165, 1.54) is 6.07 Å². The largest absolute Gasteiger partial charge is 0.366 e. The van der Waals surface area contributed by atoms with Gasteiger partial charge in [-0.15, -0.1) is 0 Å². The molecule has 2 aromatic rings. The van der Waals surface area contributed by atoms with Gasteiger partial charge < -0.3 is 9.80 Å². The number of amides is 1. The highest BCUT2D eigenvalue weighted by molar-refractivity contribution is 5.79. The van der Waals surface area contributed by atoms with Gasteiger partial charge in [-0.1, -0.05) is 12.1 Å². The fourth-order valence-corrected chi connectivity index (χ4v) is 3.24. The van der Waals surface area contributed by atoms with Crippen molar-refractivity contribution >= 4 is 11.6 Å². The van der Waals surface area contributed by atoms with Crippen LogP contribution in [0.15, 0.2) is 24.3 Å². The maximum absolute atomic E-state index is 13.9. The number of hydrogen-bond acceptors (Lipinski definition) is 3. The van der Waals surface area contributed by atoms with E-state index in [1.807, 2.05) is 41.4 Å². The SMILES string of the molecule is Cc1nn(C)c(C)c1CC(=O)N1CCN(c2ccccc2F)CC1. The van der Waals surface area contributed by atoms with Crippen molar-refractivity contribution < 1.29 is 9.18 Å². The first-order chi connectivity index (χ1) is 11.5. The molecule has 1 aromatic heterocycles. The fourth-order valence-electron chi connectivity index (χ4n) is 3.24. The summed E-state index contributed by atoms with van der Waals surface area (Å²) in [5.41, 5.74) is 3.57. The van der Waals surface area contributed by atoms with Crippen LogP contribution in [-0.2, 0) is 18.3 Å². The van der Waals surface area contributed by atoms with Crippen molar-refractivity contribution in [2.45, 2.75) is 20.3 Å². The van der Waals surface area contributed by atoms with Gasteiger partial charge in [0.25, 0.3) is 0 Å². The van der Waals surface area contributed by atoms with Crippen molar-refractivity contribution in [2.24, 2.45) is 7.05 Å². The fraction of sp³-hybridized carbons (Fsp3) is 0.444. The van der Waals surface area contributed by atoms with Crippen LogP contribution in [-0.4, -0.2) is 46.8 Å². The third-order valence-electron chi connectivity index (χ3n) is 4.81. The van der Waals surface area contributed by atoms with Crippen LogP contribution >= 0.6 is 0 Å². The van der Waals surface area contributed by atoms with Crippen molar-refractivity contribution in [2.75, 3.05) is 31.1 Å². The lowest BCUT2D eigenvalue weighted by molar-refractivity contribution is -0.130. The lowest BCUT2D eigenvalue weighted by Crippen LogP contribution is -2.49. The van der Waals surface area contributed by atoms with Crippen molar-refractivity contribution in [3.63, 3.8) is 0 Å². The van der Waals surface area contributed by atoms with Gasteiger partial charge in [0.15, 0.2) is 0 Å². The minimum absolute atomic E-state index is 0.113. The van der Waals surface area contributed by atoms with Gasteiger partial charge in [0, 0.05) is 44.5 Å². The summed E-state index contributed by atoms with van der Waals surface area (Å²) in [6.07, 6.45) is 0.380. The van der Waals surface area contributed by atoms with Gasteiger partial charge in [0.1, 0.15) is 5.82 Å². The van der Waals surface area contributed by atoms with Crippen LogP contribution in [0.2, 0.25) is 0 Å². The minimum Gasteiger partial charge on any atom is -0.366 e. The Morgan fingerprint density at radius 2 is 1.83 bits per heavy atom. The summed E-state index contributed by atoms with van der Waals surface area (Å²) in [5, 5.41) is 4.37. The highest BCUT2D eigenvalue weighted by atomic mass is 19.1. The third-order valence-corrected chi connectivity index (χ3v) is 4.81. The number of aromatic nitrogens is 2. The van der Waals surface area contributed by atoms with Crippen LogP contribution in [0.3, 0.4) is 0 Å². The van der Waals surface area contributed by atoms with Crippen LogP contribution in [0.1, 0.15) is 17.0 Å². The molecule has 1 amide bonds. The van der Waals surface area contributed by atoms with Gasteiger partial charge in [-0.25, -0.2) is 4.39 Å². The zero-order valence-electron chi connectivity index (χ0n) is 14.4. The van der Waals surface area contributed by atoms with Crippen molar-refractivity contribution in [3.8, 4) is 0 Å². The molecule has 0 unspecified atom stereocenters. The van der Waals surface area contributed by atoms with Gasteiger partial charge in [0.2, 0.25) is 5.91 Å². The number of aryl methyl sites for hydroxylation is 2. The van der Waals surface area contributed by atoms with E-state index in [4.69, 9.17) is 0 Å². The number of hydrogen-bond donors (Lipinski definition) is 0. The Kier molecular flexibility index (Phi) is 4.55. The maximum Gasteiger partial charge on any atom is 0.227 e. The minimum atomic E-state index is -0.209. The standard InChI is InChI=1S/C18H23FN4O/c1-13-15(14(2)21(3)20-13)12-18(24)23-10-8-22(9-11-23)17-7-5-4-6-16(17)19/h4-7H,8-12H2,1-3H3. The van der Waals surface area contributed by atoms with Gasteiger partial charge >= 0.3 is 0 Å². The molecule has 2 heterocycles. The zero-order valence-corrected chi connectivity index (χ0v) is 14.4. The molecule has 0 N–H and O–H groups in total. The van der Waals surface area contributed by atoms with Gasteiger partial charge in [0.05, 0.1) is 17.8 Å². The monoisotopic (exact) mass is 330 g/mol. The van der Waals surface area contributed by atoms with Crippen LogP contribution in [0.4, 0.5) is 10.1 Å². The molecule has 1 aromatic carbocycles. The molecule has 0 bridgehead atoms. The molecule has 0 spiro atoms. The summed E-state index contributed by atoms with van der Waals surface area (Å²) in [6.45, 7) is 6.46. The Balaban J connectivity index is 1.62. The summed E-state index contributed by atoms with van der Waals surface area (Å²) in [4.78, 5) is 16.5. The number of carbonyl (C=O) groups is 1. The molecule has 0 aliphatic carbocycles. The number of nitrogens with zero attached hydrogens (tertiary/aromatic N) is 4. The number of anilines is 1. The van der Waals surface area contributed by atoms with Crippen molar-refractivity contribution in [3.05, 3.63) is 47.0 Å². The van der Waals surface area contributed by atoms with E-state index in [-0.39, 0.29) is 11.7 Å². The zero-order chi connectivity index (χ0) is 17.3. The molecule has 3 rings (SSSR count). The molecule has 1 aliphatic rings. The summed E-state index contributed by atoms with van der Waals surface area (Å²) in [5.74, 6) is -0.0960. The Bertz CT molecular complexity index is 747. The summed E-state index contributed by atoms with van der Waals surface area (Å²) in [6, 6.07) is 6.79. The first-order valence-corrected chi connectivity index (χ1v) is 8.23. The quantitative estimate of drug-likeness (QED) is 0.865. The van der Waals surface area contributed by atoms with E-state index in [9.17, 15) is 9.18 Å². The summed E-state index contributed by atoms with van der Waals surface area (Å²) < 4.78 is 15.7. The predicted molar refractivity (Wildman–Crippen MR) is 91.6 cm³/mol. The number of para-hydroxylation sites is 1. The van der Waals surface area contributed by atoms with E-state index in [2.05, 4.69) is 5.10 Å². The number of halogens is 1. The second-order valence-corrected chi connectivity index (χ2v) is 6.27. The molecule has 24 heavy (non-hydrogen) atoms. The Morgan fingerprint density at radius 3 is 2.42 bits per heavy atom. The highest BCUT2D eigenvalue weighted by Crippen LogP contribution is 2.21. The Morgan fingerprint density at radius 1 is 1.17 bits per heavy atom. The van der Waals surface area contributed by atoms with E-state index in [0.29, 0.717) is 38.3 Å². The molecule has 1 saturated heterocycles. The molecule has 0 radical (unpaired) electrons. The molecule has 6 heteroatoms. The number of benzene rings is 1. The van der Waals surface area contributed by atoms with Crippen LogP contribution in [0, 0.1) is 19.7 Å². The average molecular weight is 330 g/mol. The summed E-state index contributed by atoms with van der Waals surface area (Å²) in [7, 11) is 1.89. The van der Waals surface area contributed by atoms with E-state index >= 15 is 0 Å². The number of carbonyl (C=O) groups excluding carboxylic acids is 1. The third kappa shape index (κ3) is 3.13. The van der Waals surface area contributed by atoms with Gasteiger partial charge in [-0.3, -0.25) is 9.48 Å². The van der Waals surface area contributed by atoms with Gasteiger partial charge in [-0.05, 0) is 26.0 Å². The molecule has 1 fully saturated rings. The van der Waals surface area contributed by atoms with Crippen LogP contribution in [0.25, 0.3) is 0 Å². The van der Waals surface area contributed by atoms with Gasteiger partial charge in [-0.2, -0.15) is 5.10 Å². The Hall–Kier alpha value is -2.37. The number of piperazine rings is 1. The predicted octanol–water partition coefficient (Wildman–Crippen LogP) is 2.07. The Labute approximate surface area is 141 Å². The lowest BCUT2D eigenvalue weighted by atomic mass is 10.1. The highest BCUT2D eigenvalue weighted by Gasteiger charge is 2.24. The maximum atomic E-state index is 13.9. The van der Waals surface area contributed by atoms with E-state index in [0.717, 1.165) is 17.0 Å².